The van der Waals surface area contributed by atoms with Gasteiger partial charge in [0.2, 0.25) is 0 Å². The molecule has 3 N–H and O–H groups in total. The van der Waals surface area contributed by atoms with Gasteiger partial charge in [-0.05, 0) is 47.0 Å². The van der Waals surface area contributed by atoms with Gasteiger partial charge in [-0.2, -0.15) is 13.2 Å². The van der Waals surface area contributed by atoms with Crippen LogP contribution in [0, 0.1) is 0 Å². The van der Waals surface area contributed by atoms with E-state index in [4.69, 9.17) is 18.0 Å². The molecule has 0 heterocycles. The summed E-state index contributed by atoms with van der Waals surface area (Å²) < 4.78 is 38.9. The van der Waals surface area contributed by atoms with E-state index >= 15 is 0 Å². The molecule has 1 aromatic carbocycles. The zero-order valence-electron chi connectivity index (χ0n) is 9.14. The third-order valence-electron chi connectivity index (χ3n) is 2.91. The molecule has 1 aromatic rings. The number of benzene rings is 1. The second-order valence-corrected chi connectivity index (χ2v) is 5.56. The van der Waals surface area contributed by atoms with Gasteiger partial charge in [0.15, 0.2) is 0 Å². The van der Waals surface area contributed by atoms with Crippen LogP contribution in [0.5, 0.6) is 0 Å². The molecule has 0 atom stereocenters. The highest BCUT2D eigenvalue weighted by atomic mass is 79.9. The second-order valence-electron chi connectivity index (χ2n) is 4.26. The van der Waals surface area contributed by atoms with Crippen molar-refractivity contribution in [2.75, 3.05) is 5.32 Å². The summed E-state index contributed by atoms with van der Waals surface area (Å²) in [5, 5.41) is 2.54. The molecule has 1 fully saturated rings. The van der Waals surface area contributed by atoms with Crippen molar-refractivity contribution >= 4 is 38.8 Å². The Kier molecular flexibility index (Phi) is 3.31. The van der Waals surface area contributed by atoms with Gasteiger partial charge in [0, 0.05) is 15.7 Å². The summed E-state index contributed by atoms with van der Waals surface area (Å²) in [7, 11) is 0. The van der Waals surface area contributed by atoms with Crippen LogP contribution in [0.2, 0.25) is 0 Å². The molecular weight excluding hydrogens is 329 g/mol. The first kappa shape index (κ1) is 13.6. The van der Waals surface area contributed by atoms with Crippen LogP contribution < -0.4 is 11.1 Å². The van der Waals surface area contributed by atoms with Gasteiger partial charge in [-0.3, -0.25) is 0 Å². The highest BCUT2D eigenvalue weighted by Crippen LogP contribution is 2.51. The first-order valence-corrected chi connectivity index (χ1v) is 6.40. The molecule has 1 saturated carbocycles. The summed E-state index contributed by atoms with van der Waals surface area (Å²) in [4.78, 5) is 0.199. The van der Waals surface area contributed by atoms with Gasteiger partial charge in [-0.15, -0.1) is 0 Å². The van der Waals surface area contributed by atoms with Crippen molar-refractivity contribution in [2.45, 2.75) is 24.6 Å². The standard InChI is InChI=1S/C11H10BrF3N2S/c12-8-5-6(1-2-7(8)9(16)18)17-10(3-4-10)11(13,14)15/h1-2,5,17H,3-4H2,(H2,16,18). The van der Waals surface area contributed by atoms with E-state index in [1.165, 1.54) is 0 Å². The Morgan fingerprint density at radius 3 is 2.39 bits per heavy atom. The number of anilines is 1. The van der Waals surface area contributed by atoms with Crippen molar-refractivity contribution < 1.29 is 13.2 Å². The van der Waals surface area contributed by atoms with E-state index in [2.05, 4.69) is 21.2 Å². The maximum absolute atomic E-state index is 12.8. The van der Waals surface area contributed by atoms with Crippen molar-refractivity contribution in [1.82, 2.24) is 0 Å². The lowest BCUT2D eigenvalue weighted by molar-refractivity contribution is -0.151. The normalized spacial score (nSPS) is 17.3. The first-order valence-electron chi connectivity index (χ1n) is 5.19. The largest absolute Gasteiger partial charge is 0.411 e. The summed E-state index contributed by atoms with van der Waals surface area (Å²) in [6.45, 7) is 0. The number of nitrogens with two attached hydrogens (primary N) is 1. The molecule has 1 aliphatic carbocycles. The zero-order valence-corrected chi connectivity index (χ0v) is 11.5. The number of rotatable bonds is 3. The predicted octanol–water partition coefficient (Wildman–Crippen LogP) is 3.59. The van der Waals surface area contributed by atoms with E-state index in [1.807, 2.05) is 0 Å². The molecule has 0 bridgehead atoms. The number of nitrogens with one attached hydrogen (secondary N) is 1. The Morgan fingerprint density at radius 1 is 1.39 bits per heavy atom. The van der Waals surface area contributed by atoms with Crippen molar-refractivity contribution in [3.8, 4) is 0 Å². The fourth-order valence-electron chi connectivity index (χ4n) is 1.67. The van der Waals surface area contributed by atoms with Crippen LogP contribution in [0.4, 0.5) is 18.9 Å². The Bertz CT molecular complexity index is 498. The third-order valence-corrected chi connectivity index (χ3v) is 3.79. The molecule has 0 amide bonds. The van der Waals surface area contributed by atoms with Crippen molar-refractivity contribution in [2.24, 2.45) is 5.73 Å². The van der Waals surface area contributed by atoms with Gasteiger partial charge < -0.3 is 11.1 Å². The molecule has 0 radical (unpaired) electrons. The van der Waals surface area contributed by atoms with Crippen molar-refractivity contribution in [3.05, 3.63) is 28.2 Å². The minimum absolute atomic E-state index is 0.102. The highest BCUT2D eigenvalue weighted by molar-refractivity contribution is 9.10. The Labute approximate surface area is 116 Å². The fourth-order valence-corrected chi connectivity index (χ4v) is 2.57. The minimum Gasteiger partial charge on any atom is -0.389 e. The lowest BCUT2D eigenvalue weighted by Crippen LogP contribution is -2.38. The number of hydrogen-bond acceptors (Lipinski definition) is 2. The summed E-state index contributed by atoms with van der Waals surface area (Å²) in [6, 6.07) is 4.70. The summed E-state index contributed by atoms with van der Waals surface area (Å²) in [5.41, 5.74) is 4.71. The Hall–Kier alpha value is -0.820. The maximum Gasteiger partial charge on any atom is 0.411 e. The third kappa shape index (κ3) is 2.47. The van der Waals surface area contributed by atoms with Gasteiger partial charge in [0.1, 0.15) is 10.5 Å². The van der Waals surface area contributed by atoms with Crippen LogP contribution in [-0.4, -0.2) is 16.7 Å². The van der Waals surface area contributed by atoms with Crippen LogP contribution in [-0.2, 0) is 0 Å². The van der Waals surface area contributed by atoms with Crippen molar-refractivity contribution in [3.63, 3.8) is 0 Å². The molecule has 0 aromatic heterocycles. The lowest BCUT2D eigenvalue weighted by atomic mass is 10.1. The number of thiocarbonyl (C=S) groups is 1. The zero-order chi connectivity index (χ0) is 13.6. The van der Waals surface area contributed by atoms with Crippen molar-refractivity contribution in [1.29, 1.82) is 0 Å². The van der Waals surface area contributed by atoms with E-state index in [1.54, 1.807) is 18.2 Å². The van der Waals surface area contributed by atoms with Crippen LogP contribution in [0.15, 0.2) is 22.7 Å². The molecule has 0 spiro atoms. The predicted molar refractivity (Wildman–Crippen MR) is 71.7 cm³/mol. The van der Waals surface area contributed by atoms with E-state index in [-0.39, 0.29) is 17.8 Å². The molecule has 0 aliphatic heterocycles. The van der Waals surface area contributed by atoms with E-state index in [9.17, 15) is 13.2 Å². The Morgan fingerprint density at radius 2 is 2.00 bits per heavy atom. The Balaban J connectivity index is 2.22. The second kappa shape index (κ2) is 4.38. The summed E-state index contributed by atoms with van der Waals surface area (Å²) >= 11 is 8.06. The van der Waals surface area contributed by atoms with Crippen LogP contribution in [0.3, 0.4) is 0 Å². The first-order chi connectivity index (χ1) is 8.25. The molecule has 0 saturated heterocycles. The smallest absolute Gasteiger partial charge is 0.389 e. The average Bonchev–Trinajstić information content (AvgIpc) is 2.97. The molecule has 2 rings (SSSR count). The maximum atomic E-state index is 12.8. The van der Waals surface area contributed by atoms with Crippen LogP contribution in [0.25, 0.3) is 0 Å². The fraction of sp³-hybridized carbons (Fsp3) is 0.364. The van der Waals surface area contributed by atoms with Crippen LogP contribution >= 0.6 is 28.1 Å². The average molecular weight is 339 g/mol. The number of alkyl halides is 3. The summed E-state index contributed by atoms with van der Waals surface area (Å²) in [5.74, 6) is 0. The number of halogens is 4. The van der Waals surface area contributed by atoms with E-state index in [0.29, 0.717) is 15.7 Å². The monoisotopic (exact) mass is 338 g/mol. The van der Waals surface area contributed by atoms with E-state index < -0.39 is 11.7 Å². The van der Waals surface area contributed by atoms with E-state index in [0.717, 1.165) is 0 Å². The van der Waals surface area contributed by atoms with Gasteiger partial charge in [0.05, 0.1) is 0 Å². The lowest BCUT2D eigenvalue weighted by Gasteiger charge is -2.22. The molecule has 7 heteroatoms. The minimum atomic E-state index is -4.23. The highest BCUT2D eigenvalue weighted by Gasteiger charge is 2.63. The molecule has 1 aliphatic rings. The van der Waals surface area contributed by atoms with Gasteiger partial charge in [-0.1, -0.05) is 12.2 Å². The molecule has 18 heavy (non-hydrogen) atoms. The molecule has 98 valence electrons. The molecular formula is C11H10BrF3N2S. The van der Waals surface area contributed by atoms with Crippen LogP contribution in [0.1, 0.15) is 18.4 Å². The number of hydrogen-bond donors (Lipinski definition) is 2. The SMILES string of the molecule is NC(=S)c1ccc(NC2(C(F)(F)F)CC2)cc1Br. The molecule has 0 unspecified atom stereocenters. The quantitative estimate of drug-likeness (QED) is 0.827. The van der Waals surface area contributed by atoms with Gasteiger partial charge in [-0.25, -0.2) is 0 Å². The molecule has 2 nitrogen and oxygen atoms in total. The summed E-state index contributed by atoms with van der Waals surface area (Å²) in [6.07, 6.45) is -4.03. The van der Waals surface area contributed by atoms with Gasteiger partial charge in [0.25, 0.3) is 0 Å². The topological polar surface area (TPSA) is 38.0 Å². The van der Waals surface area contributed by atoms with Gasteiger partial charge >= 0.3 is 6.18 Å².